The first-order valence-electron chi connectivity index (χ1n) is 14.6. The fraction of sp³-hybridized carbons (Fsp3) is 0.303. The lowest BCUT2D eigenvalue weighted by Crippen LogP contribution is -2.50. The second kappa shape index (κ2) is 13.5. The molecule has 1 aliphatic rings. The average molecular weight is 649 g/mol. The highest BCUT2D eigenvalue weighted by molar-refractivity contribution is 7.89. The molecule has 2 heterocycles. The number of hydrogen-bond acceptors (Lipinski definition) is 8. The van der Waals surface area contributed by atoms with Gasteiger partial charge in [0.2, 0.25) is 10.0 Å². The molecule has 1 aromatic heterocycles. The van der Waals surface area contributed by atoms with Crippen molar-refractivity contribution in [3.8, 4) is 16.3 Å². The van der Waals surface area contributed by atoms with E-state index in [2.05, 4.69) is 10.3 Å². The highest BCUT2D eigenvalue weighted by Crippen LogP contribution is 2.35. The Labute approximate surface area is 267 Å². The molecule has 45 heavy (non-hydrogen) atoms. The second-order valence-corrected chi connectivity index (χ2v) is 14.2. The van der Waals surface area contributed by atoms with Crippen LogP contribution in [0.1, 0.15) is 40.1 Å². The number of likely N-dealkylation sites (N-methyl/N-ethyl adjacent to an activating group) is 1. The number of benzene rings is 3. The molecule has 2 amide bonds. The van der Waals surface area contributed by atoms with Crippen LogP contribution < -0.4 is 10.1 Å². The lowest BCUT2D eigenvalue weighted by Gasteiger charge is -2.38. The molecule has 0 fully saturated rings. The van der Waals surface area contributed by atoms with E-state index < -0.39 is 28.1 Å². The number of sulfonamides is 1. The van der Waals surface area contributed by atoms with Gasteiger partial charge in [-0.1, -0.05) is 42.8 Å². The van der Waals surface area contributed by atoms with Crippen molar-refractivity contribution >= 4 is 38.9 Å². The molecule has 0 aliphatic carbocycles. The molecule has 236 valence electrons. The monoisotopic (exact) mass is 648 g/mol. The van der Waals surface area contributed by atoms with Crippen LogP contribution in [0.3, 0.4) is 0 Å². The number of aromatic nitrogens is 1. The summed E-state index contributed by atoms with van der Waals surface area (Å²) in [6, 6.07) is 18.1. The molecule has 0 saturated carbocycles. The normalized spacial score (nSPS) is 17.6. The molecular weight excluding hydrogens is 613 g/mol. The maximum Gasteiger partial charge on any atom is 0.258 e. The zero-order valence-electron chi connectivity index (χ0n) is 25.5. The number of aryl methyl sites for hydroxylation is 1. The van der Waals surface area contributed by atoms with Crippen LogP contribution in [0.5, 0.6) is 5.75 Å². The number of ether oxygens (including phenoxy) is 1. The molecule has 0 saturated heterocycles. The molecule has 4 aromatic rings. The van der Waals surface area contributed by atoms with E-state index in [-0.39, 0.29) is 53.4 Å². The zero-order chi connectivity index (χ0) is 32.3. The number of aliphatic hydroxyl groups is 1. The maximum absolute atomic E-state index is 13.8. The van der Waals surface area contributed by atoms with Gasteiger partial charge in [-0.2, -0.15) is 4.31 Å². The molecule has 0 radical (unpaired) electrons. The van der Waals surface area contributed by atoms with E-state index in [4.69, 9.17) is 4.74 Å². The van der Waals surface area contributed by atoms with Gasteiger partial charge in [0.15, 0.2) is 5.75 Å². The molecule has 12 heteroatoms. The van der Waals surface area contributed by atoms with Gasteiger partial charge in [0.25, 0.3) is 11.8 Å². The zero-order valence-corrected chi connectivity index (χ0v) is 27.1. The van der Waals surface area contributed by atoms with Crippen molar-refractivity contribution in [3.05, 3.63) is 95.0 Å². The lowest BCUT2D eigenvalue weighted by molar-refractivity contribution is 0.0388. The van der Waals surface area contributed by atoms with Crippen LogP contribution in [0.4, 0.5) is 5.69 Å². The van der Waals surface area contributed by atoms with E-state index in [0.29, 0.717) is 5.56 Å². The predicted octanol–water partition coefficient (Wildman–Crippen LogP) is 4.91. The number of para-hydroxylation sites is 1. The third-order valence-corrected chi connectivity index (χ3v) is 10.6. The highest BCUT2D eigenvalue weighted by atomic mass is 32.2. The molecule has 5 rings (SSSR count). The Morgan fingerprint density at radius 2 is 1.87 bits per heavy atom. The van der Waals surface area contributed by atoms with Crippen LogP contribution in [-0.2, 0) is 10.0 Å². The van der Waals surface area contributed by atoms with Crippen LogP contribution in [0.15, 0.2) is 83.2 Å². The largest absolute Gasteiger partial charge is 0.486 e. The Kier molecular flexibility index (Phi) is 9.68. The standard InChI is InChI=1S/C33H36N4O6S2/c1-21-8-14-26(15-9-21)45(41,42)36(4)19-29-22(2)18-37(23(3)20-38)33(40)27-6-5-7-28(30(27)43-29)35-31(39)24-10-12-25(13-11-24)32-34-16-17-44-32/h5-17,22-23,29,38H,18-20H2,1-4H3,(H,35,39)/t22-,23+,29+/m1/s1. The summed E-state index contributed by atoms with van der Waals surface area (Å²) in [5, 5.41) is 15.6. The second-order valence-electron chi connectivity index (χ2n) is 11.3. The maximum atomic E-state index is 13.8. The molecular formula is C33H36N4O6S2. The summed E-state index contributed by atoms with van der Waals surface area (Å²) in [7, 11) is -2.35. The van der Waals surface area contributed by atoms with E-state index in [0.717, 1.165) is 16.1 Å². The van der Waals surface area contributed by atoms with Crippen LogP contribution in [0, 0.1) is 12.8 Å². The summed E-state index contributed by atoms with van der Waals surface area (Å²) in [6.07, 6.45) is 1.02. The molecule has 3 atom stereocenters. The van der Waals surface area contributed by atoms with Crippen molar-refractivity contribution in [2.75, 3.05) is 32.1 Å². The van der Waals surface area contributed by atoms with Crippen LogP contribution >= 0.6 is 11.3 Å². The number of rotatable bonds is 9. The molecule has 3 aromatic carbocycles. The number of carbonyl (C=O) groups excluding carboxylic acids is 2. The Morgan fingerprint density at radius 1 is 1.16 bits per heavy atom. The highest BCUT2D eigenvalue weighted by Gasteiger charge is 2.36. The topological polar surface area (TPSA) is 129 Å². The molecule has 10 nitrogen and oxygen atoms in total. The number of thiazole rings is 1. The van der Waals surface area contributed by atoms with Crippen LogP contribution in [-0.4, -0.2) is 78.4 Å². The summed E-state index contributed by atoms with van der Waals surface area (Å²) in [6.45, 7) is 5.46. The third-order valence-electron chi connectivity index (χ3n) is 7.93. The molecule has 1 aliphatic heterocycles. The summed E-state index contributed by atoms with van der Waals surface area (Å²) in [5.74, 6) is -0.963. The fourth-order valence-electron chi connectivity index (χ4n) is 5.13. The average Bonchev–Trinajstić information content (AvgIpc) is 3.58. The van der Waals surface area contributed by atoms with Crippen LogP contribution in [0.25, 0.3) is 10.6 Å². The van der Waals surface area contributed by atoms with Gasteiger partial charge >= 0.3 is 0 Å². The van der Waals surface area contributed by atoms with Gasteiger partial charge in [-0.25, -0.2) is 13.4 Å². The number of carbonyl (C=O) groups is 2. The minimum atomic E-state index is -3.85. The number of aliphatic hydroxyl groups excluding tert-OH is 1. The Morgan fingerprint density at radius 3 is 2.51 bits per heavy atom. The molecule has 0 bridgehead atoms. The van der Waals surface area contributed by atoms with Gasteiger partial charge in [-0.05, 0) is 50.2 Å². The Bertz CT molecular complexity index is 1760. The van der Waals surface area contributed by atoms with Gasteiger partial charge in [-0.15, -0.1) is 11.3 Å². The number of nitrogens with one attached hydrogen (secondary N) is 1. The minimum Gasteiger partial charge on any atom is -0.486 e. The Balaban J connectivity index is 1.47. The third kappa shape index (κ3) is 6.94. The number of anilines is 1. The molecule has 2 N–H and O–H groups in total. The smallest absolute Gasteiger partial charge is 0.258 e. The van der Waals surface area contributed by atoms with Crippen LogP contribution in [0.2, 0.25) is 0 Å². The van der Waals surface area contributed by atoms with Gasteiger partial charge in [-0.3, -0.25) is 9.59 Å². The first-order chi connectivity index (χ1) is 21.5. The van der Waals surface area contributed by atoms with Crippen molar-refractivity contribution in [2.45, 2.75) is 37.8 Å². The van der Waals surface area contributed by atoms with Crippen molar-refractivity contribution in [1.29, 1.82) is 0 Å². The molecule has 0 unspecified atom stereocenters. The number of hydrogen-bond donors (Lipinski definition) is 2. The van der Waals surface area contributed by atoms with Crippen molar-refractivity contribution in [2.24, 2.45) is 5.92 Å². The Hall–Kier alpha value is -4.10. The van der Waals surface area contributed by atoms with E-state index in [9.17, 15) is 23.1 Å². The number of nitrogens with zero attached hydrogens (tertiary/aromatic N) is 3. The summed E-state index contributed by atoms with van der Waals surface area (Å²) in [5.41, 5.74) is 2.70. The first kappa shape index (κ1) is 32.3. The quantitative estimate of drug-likeness (QED) is 0.264. The van der Waals surface area contributed by atoms with Crippen molar-refractivity contribution in [3.63, 3.8) is 0 Å². The van der Waals surface area contributed by atoms with Crippen molar-refractivity contribution < 1.29 is 27.9 Å². The van der Waals surface area contributed by atoms with E-state index >= 15 is 0 Å². The van der Waals surface area contributed by atoms with Crippen molar-refractivity contribution in [1.82, 2.24) is 14.2 Å². The van der Waals surface area contributed by atoms with E-state index in [1.165, 1.54) is 22.7 Å². The summed E-state index contributed by atoms with van der Waals surface area (Å²) < 4.78 is 34.7. The van der Waals surface area contributed by atoms with Gasteiger partial charge in [0.1, 0.15) is 11.1 Å². The van der Waals surface area contributed by atoms with E-state index in [1.807, 2.05) is 31.4 Å². The first-order valence-corrected chi connectivity index (χ1v) is 16.9. The molecule has 0 spiro atoms. The summed E-state index contributed by atoms with van der Waals surface area (Å²) >= 11 is 1.50. The van der Waals surface area contributed by atoms with Gasteiger partial charge < -0.3 is 20.1 Å². The van der Waals surface area contributed by atoms with Gasteiger partial charge in [0.05, 0.1) is 35.3 Å². The SMILES string of the molecule is Cc1ccc(S(=O)(=O)N(C)C[C@@H]2Oc3c(NC(=O)c4ccc(-c5nccs5)cc4)cccc3C(=O)N([C@@H](C)CO)C[C@H]2C)cc1. The van der Waals surface area contributed by atoms with Gasteiger partial charge in [0, 0.05) is 42.2 Å². The lowest BCUT2D eigenvalue weighted by atomic mass is 9.99. The number of amides is 2. The van der Waals surface area contributed by atoms with E-state index in [1.54, 1.807) is 72.6 Å². The summed E-state index contributed by atoms with van der Waals surface area (Å²) in [4.78, 5) is 33.2. The minimum absolute atomic E-state index is 0.0210. The fourth-order valence-corrected chi connectivity index (χ4v) is 6.95. The predicted molar refractivity (Wildman–Crippen MR) is 174 cm³/mol. The number of fused-ring (bicyclic) bond motifs is 1.